The van der Waals surface area contributed by atoms with Crippen LogP contribution in [0.3, 0.4) is 0 Å². The van der Waals surface area contributed by atoms with Gasteiger partial charge in [-0.05, 0) is 68.1 Å². The van der Waals surface area contributed by atoms with Crippen LogP contribution in [0.5, 0.6) is 0 Å². The molecule has 0 spiro atoms. The van der Waals surface area contributed by atoms with Crippen molar-refractivity contribution in [3.8, 4) is 11.1 Å². The summed E-state index contributed by atoms with van der Waals surface area (Å²) in [6.07, 6.45) is 0. The SMILES string of the molecule is Cc1ccc(-c2ccc(C(=O)OC(C)(C)C)cc2)cc1CO. The van der Waals surface area contributed by atoms with Crippen molar-refractivity contribution in [1.29, 1.82) is 0 Å². The van der Waals surface area contributed by atoms with Crippen LogP contribution in [0.25, 0.3) is 11.1 Å². The molecule has 0 aliphatic heterocycles. The fourth-order valence-electron chi connectivity index (χ4n) is 2.16. The fourth-order valence-corrected chi connectivity index (χ4v) is 2.16. The highest BCUT2D eigenvalue weighted by molar-refractivity contribution is 5.90. The predicted octanol–water partition coefficient (Wildman–Crippen LogP) is 4.11. The van der Waals surface area contributed by atoms with Gasteiger partial charge in [-0.25, -0.2) is 4.79 Å². The van der Waals surface area contributed by atoms with E-state index >= 15 is 0 Å². The normalized spacial score (nSPS) is 11.3. The van der Waals surface area contributed by atoms with Gasteiger partial charge >= 0.3 is 5.97 Å². The maximum absolute atomic E-state index is 12.0. The van der Waals surface area contributed by atoms with Crippen molar-refractivity contribution in [3.05, 3.63) is 59.2 Å². The van der Waals surface area contributed by atoms with Crippen LogP contribution in [0.1, 0.15) is 42.3 Å². The number of ether oxygens (including phenoxy) is 1. The van der Waals surface area contributed by atoms with Crippen LogP contribution in [-0.2, 0) is 11.3 Å². The minimum absolute atomic E-state index is 0.0235. The third-order valence-corrected chi connectivity index (χ3v) is 3.37. The van der Waals surface area contributed by atoms with Crippen LogP contribution >= 0.6 is 0 Å². The summed E-state index contributed by atoms with van der Waals surface area (Å²) in [6, 6.07) is 13.3. The zero-order valence-electron chi connectivity index (χ0n) is 13.5. The zero-order chi connectivity index (χ0) is 16.3. The molecule has 1 N–H and O–H groups in total. The van der Waals surface area contributed by atoms with Gasteiger partial charge in [0.15, 0.2) is 0 Å². The van der Waals surface area contributed by atoms with Crippen molar-refractivity contribution < 1.29 is 14.6 Å². The van der Waals surface area contributed by atoms with E-state index in [1.165, 1.54) is 0 Å². The number of aryl methyl sites for hydroxylation is 1. The zero-order valence-corrected chi connectivity index (χ0v) is 13.5. The number of aliphatic hydroxyl groups is 1. The van der Waals surface area contributed by atoms with Crippen LogP contribution in [0.2, 0.25) is 0 Å². The van der Waals surface area contributed by atoms with Gasteiger partial charge in [0.1, 0.15) is 5.60 Å². The number of rotatable bonds is 3. The quantitative estimate of drug-likeness (QED) is 0.867. The standard InChI is InChI=1S/C19H22O3/c1-13-5-6-16(11-17(13)12-20)14-7-9-15(10-8-14)18(21)22-19(2,3)4/h5-11,20H,12H2,1-4H3. The van der Waals surface area contributed by atoms with E-state index < -0.39 is 5.60 Å². The molecule has 0 aliphatic carbocycles. The van der Waals surface area contributed by atoms with Crippen molar-refractivity contribution in [2.75, 3.05) is 0 Å². The van der Waals surface area contributed by atoms with Gasteiger partial charge in [-0.2, -0.15) is 0 Å². The minimum atomic E-state index is -0.497. The number of carbonyl (C=O) groups is 1. The summed E-state index contributed by atoms with van der Waals surface area (Å²) < 4.78 is 5.35. The van der Waals surface area contributed by atoms with Gasteiger partial charge in [-0.1, -0.05) is 24.3 Å². The molecule has 22 heavy (non-hydrogen) atoms. The largest absolute Gasteiger partial charge is 0.456 e. The molecule has 3 heteroatoms. The Balaban J connectivity index is 2.24. The van der Waals surface area contributed by atoms with Crippen molar-refractivity contribution in [1.82, 2.24) is 0 Å². The molecular weight excluding hydrogens is 276 g/mol. The second-order valence-electron chi connectivity index (χ2n) is 6.38. The summed E-state index contributed by atoms with van der Waals surface area (Å²) in [7, 11) is 0. The first-order valence-corrected chi connectivity index (χ1v) is 7.34. The molecule has 0 saturated carbocycles. The molecule has 2 aromatic rings. The van der Waals surface area contributed by atoms with Crippen molar-refractivity contribution in [3.63, 3.8) is 0 Å². The molecule has 0 heterocycles. The second kappa shape index (κ2) is 6.32. The van der Waals surface area contributed by atoms with Gasteiger partial charge in [-0.15, -0.1) is 0 Å². The van der Waals surface area contributed by atoms with E-state index in [0.717, 1.165) is 22.3 Å². The van der Waals surface area contributed by atoms with Gasteiger partial charge in [-0.3, -0.25) is 0 Å². The molecule has 0 bridgehead atoms. The van der Waals surface area contributed by atoms with Gasteiger partial charge in [0.05, 0.1) is 12.2 Å². The average Bonchev–Trinajstić information content (AvgIpc) is 2.46. The van der Waals surface area contributed by atoms with Gasteiger partial charge in [0.25, 0.3) is 0 Å². The summed E-state index contributed by atoms with van der Waals surface area (Å²) in [6.45, 7) is 7.54. The second-order valence-corrected chi connectivity index (χ2v) is 6.38. The monoisotopic (exact) mass is 298 g/mol. The minimum Gasteiger partial charge on any atom is -0.456 e. The lowest BCUT2D eigenvalue weighted by molar-refractivity contribution is 0.00696. The van der Waals surface area contributed by atoms with Crippen LogP contribution < -0.4 is 0 Å². The average molecular weight is 298 g/mol. The van der Waals surface area contributed by atoms with Crippen LogP contribution in [-0.4, -0.2) is 16.7 Å². The first-order chi connectivity index (χ1) is 10.3. The lowest BCUT2D eigenvalue weighted by Gasteiger charge is -2.19. The van der Waals surface area contributed by atoms with Gasteiger partial charge in [0, 0.05) is 0 Å². The Morgan fingerprint density at radius 2 is 1.64 bits per heavy atom. The van der Waals surface area contributed by atoms with Gasteiger partial charge < -0.3 is 9.84 Å². The Bertz CT molecular complexity index is 664. The molecule has 0 atom stereocenters. The van der Waals surface area contributed by atoms with E-state index in [9.17, 15) is 9.90 Å². The van der Waals surface area contributed by atoms with E-state index in [4.69, 9.17) is 4.74 Å². The number of aliphatic hydroxyl groups excluding tert-OH is 1. The summed E-state index contributed by atoms with van der Waals surface area (Å²) >= 11 is 0. The maximum atomic E-state index is 12.0. The topological polar surface area (TPSA) is 46.5 Å². The van der Waals surface area contributed by atoms with E-state index in [2.05, 4.69) is 0 Å². The van der Waals surface area contributed by atoms with E-state index in [0.29, 0.717) is 5.56 Å². The maximum Gasteiger partial charge on any atom is 0.338 e. The molecule has 0 fully saturated rings. The molecule has 2 aromatic carbocycles. The molecule has 0 radical (unpaired) electrons. The van der Waals surface area contributed by atoms with Crippen LogP contribution in [0, 0.1) is 6.92 Å². The molecule has 0 unspecified atom stereocenters. The third-order valence-electron chi connectivity index (χ3n) is 3.37. The molecule has 3 nitrogen and oxygen atoms in total. The smallest absolute Gasteiger partial charge is 0.338 e. The molecule has 0 aromatic heterocycles. The molecule has 0 saturated heterocycles. The molecule has 0 amide bonds. The molecular formula is C19H22O3. The number of carbonyl (C=O) groups excluding carboxylic acids is 1. The highest BCUT2D eigenvalue weighted by Crippen LogP contribution is 2.23. The van der Waals surface area contributed by atoms with Crippen molar-refractivity contribution >= 4 is 5.97 Å². The number of hydrogen-bond donors (Lipinski definition) is 1. The lowest BCUT2D eigenvalue weighted by atomic mass is 9.99. The molecule has 2 rings (SSSR count). The van der Waals surface area contributed by atoms with Crippen molar-refractivity contribution in [2.24, 2.45) is 0 Å². The van der Waals surface area contributed by atoms with Gasteiger partial charge in [0.2, 0.25) is 0 Å². The molecule has 116 valence electrons. The predicted molar refractivity (Wildman–Crippen MR) is 87.7 cm³/mol. The first kappa shape index (κ1) is 16.2. The Morgan fingerprint density at radius 3 is 2.18 bits per heavy atom. The highest BCUT2D eigenvalue weighted by Gasteiger charge is 2.17. The van der Waals surface area contributed by atoms with Crippen molar-refractivity contribution in [2.45, 2.75) is 39.9 Å². The van der Waals surface area contributed by atoms with Crippen LogP contribution in [0.4, 0.5) is 0 Å². The van der Waals surface area contributed by atoms with E-state index in [1.807, 2.05) is 58.0 Å². The summed E-state index contributed by atoms with van der Waals surface area (Å²) in [5, 5.41) is 9.35. The lowest BCUT2D eigenvalue weighted by Crippen LogP contribution is -2.23. The fraction of sp³-hybridized carbons (Fsp3) is 0.316. The Hall–Kier alpha value is -2.13. The summed E-state index contributed by atoms with van der Waals surface area (Å²) in [4.78, 5) is 12.0. The highest BCUT2D eigenvalue weighted by atomic mass is 16.6. The third kappa shape index (κ3) is 3.95. The summed E-state index contributed by atoms with van der Waals surface area (Å²) in [5.41, 5.74) is 4.04. The Kier molecular flexibility index (Phi) is 4.67. The first-order valence-electron chi connectivity index (χ1n) is 7.34. The number of benzene rings is 2. The Morgan fingerprint density at radius 1 is 1.05 bits per heavy atom. The summed E-state index contributed by atoms with van der Waals surface area (Å²) in [5.74, 6) is -0.320. The number of esters is 1. The Labute approximate surface area is 131 Å². The van der Waals surface area contributed by atoms with E-state index in [-0.39, 0.29) is 12.6 Å². The molecule has 0 aliphatic rings. The van der Waals surface area contributed by atoms with E-state index in [1.54, 1.807) is 12.1 Å². The number of hydrogen-bond acceptors (Lipinski definition) is 3. The van der Waals surface area contributed by atoms with Crippen LogP contribution in [0.15, 0.2) is 42.5 Å².